The summed E-state index contributed by atoms with van der Waals surface area (Å²) in [4.78, 5) is -0.0545. The van der Waals surface area contributed by atoms with E-state index in [1.54, 1.807) is 26.4 Å². The van der Waals surface area contributed by atoms with E-state index in [1.807, 2.05) is 18.2 Å². The second-order valence-electron chi connectivity index (χ2n) is 9.13. The Hall–Kier alpha value is -3.37. The summed E-state index contributed by atoms with van der Waals surface area (Å²) in [6, 6.07) is 13.1. The lowest BCUT2D eigenvalue weighted by atomic mass is 9.77. The fourth-order valence-corrected chi connectivity index (χ4v) is 6.45. The molecule has 2 N–H and O–H groups in total. The average molecular weight is 565 g/mol. The summed E-state index contributed by atoms with van der Waals surface area (Å²) in [6.45, 7) is 0. The lowest BCUT2D eigenvalue weighted by Gasteiger charge is -2.38. The first-order valence-corrected chi connectivity index (χ1v) is 13.6. The number of hydrogen-bond acceptors (Lipinski definition) is 5. The molecule has 0 spiro atoms. The topological polar surface area (TPSA) is 76.7 Å². The molecule has 0 amide bonds. The molecular weight excluding hydrogens is 541 g/mol. The van der Waals surface area contributed by atoms with Crippen LogP contribution < -0.4 is 19.5 Å². The largest absolute Gasteiger partial charge is 0.497 e. The van der Waals surface area contributed by atoms with Gasteiger partial charge >= 0.3 is 6.18 Å². The number of benzene rings is 3. The Balaban J connectivity index is 1.47. The van der Waals surface area contributed by atoms with Crippen LogP contribution in [0.4, 0.5) is 24.5 Å². The van der Waals surface area contributed by atoms with Gasteiger partial charge in [0.2, 0.25) is 0 Å². The molecule has 0 fully saturated rings. The summed E-state index contributed by atoms with van der Waals surface area (Å²) in [5.74, 6) is 1.39. The van der Waals surface area contributed by atoms with Gasteiger partial charge in [0.15, 0.2) is 0 Å². The summed E-state index contributed by atoms with van der Waals surface area (Å²) in [5.41, 5.74) is 1.17. The molecule has 0 saturated heterocycles. The highest BCUT2D eigenvalue weighted by Crippen LogP contribution is 2.52. The van der Waals surface area contributed by atoms with E-state index in [2.05, 4.69) is 22.2 Å². The first-order chi connectivity index (χ1) is 18.0. The lowest BCUT2D eigenvalue weighted by molar-refractivity contribution is -0.137. The molecule has 6 nitrogen and oxygen atoms in total. The quantitative estimate of drug-likeness (QED) is 0.315. The first-order valence-electron chi connectivity index (χ1n) is 11.7. The summed E-state index contributed by atoms with van der Waals surface area (Å²) < 4.78 is 79.3. The molecule has 11 heteroatoms. The van der Waals surface area contributed by atoms with E-state index >= 15 is 0 Å². The molecule has 0 bridgehead atoms. The van der Waals surface area contributed by atoms with Crippen LogP contribution in [0.5, 0.6) is 11.5 Å². The Morgan fingerprint density at radius 2 is 1.79 bits per heavy atom. The van der Waals surface area contributed by atoms with Crippen molar-refractivity contribution in [1.29, 1.82) is 0 Å². The SMILES string of the molecule is COc1ccc([C@H]2Nc3ccc(S(=O)(=O)Nc4ccc(Cl)c(C(F)(F)F)c4)cc3[C@H]3C=CC[C@H]32)c(OC)c1. The van der Waals surface area contributed by atoms with E-state index in [0.29, 0.717) is 17.6 Å². The third-order valence-corrected chi connectivity index (χ3v) is 8.65. The number of hydrogen-bond donors (Lipinski definition) is 2. The molecular formula is C27H24ClF3N2O4S. The van der Waals surface area contributed by atoms with Crippen LogP contribution in [0.2, 0.25) is 5.02 Å². The second-order valence-corrected chi connectivity index (χ2v) is 11.2. The van der Waals surface area contributed by atoms with Crippen LogP contribution in [0, 0.1) is 5.92 Å². The van der Waals surface area contributed by atoms with E-state index in [1.165, 1.54) is 12.1 Å². The zero-order chi connectivity index (χ0) is 27.2. The monoisotopic (exact) mass is 564 g/mol. The van der Waals surface area contributed by atoms with Gasteiger partial charge in [-0.3, -0.25) is 4.72 Å². The number of halogens is 4. The standard InChI is InChI=1S/C27H24ClF3N2O4S/c1-36-16-7-9-20(25(13-16)37-2)26-19-5-3-4-18(19)21-14-17(8-11-24(21)32-26)38(34,35)33-15-6-10-23(28)22(12-15)27(29,30)31/h3-4,6-14,18-19,26,32-33H,5H2,1-2H3/t18-,19+,26-/m0/s1. The number of allylic oxidation sites excluding steroid dienone is 2. The van der Waals surface area contributed by atoms with Crippen LogP contribution in [0.1, 0.15) is 35.1 Å². The highest BCUT2D eigenvalue weighted by Gasteiger charge is 2.40. The van der Waals surface area contributed by atoms with Crippen molar-refractivity contribution in [3.8, 4) is 11.5 Å². The fourth-order valence-electron chi connectivity index (χ4n) is 5.14. The first kappa shape index (κ1) is 26.2. The summed E-state index contributed by atoms with van der Waals surface area (Å²) in [5, 5.41) is 3.03. The number of ether oxygens (including phenoxy) is 2. The molecule has 38 heavy (non-hydrogen) atoms. The lowest BCUT2D eigenvalue weighted by Crippen LogP contribution is -2.29. The smallest absolute Gasteiger partial charge is 0.417 e. The molecule has 0 saturated carbocycles. The minimum Gasteiger partial charge on any atom is -0.497 e. The minimum absolute atomic E-state index is 0.0545. The number of sulfonamides is 1. The predicted octanol–water partition coefficient (Wildman–Crippen LogP) is 7.00. The molecule has 1 heterocycles. The molecule has 3 aromatic carbocycles. The van der Waals surface area contributed by atoms with Crippen molar-refractivity contribution in [2.45, 2.75) is 29.5 Å². The summed E-state index contributed by atoms with van der Waals surface area (Å²) >= 11 is 5.67. The predicted molar refractivity (Wildman–Crippen MR) is 140 cm³/mol. The van der Waals surface area contributed by atoms with Crippen LogP contribution in [-0.2, 0) is 16.2 Å². The highest BCUT2D eigenvalue weighted by molar-refractivity contribution is 7.92. The van der Waals surface area contributed by atoms with Gasteiger partial charge in [-0.2, -0.15) is 13.2 Å². The Bertz CT molecular complexity index is 1530. The summed E-state index contributed by atoms with van der Waals surface area (Å²) in [6.07, 6.45) is 0.188. The molecule has 5 rings (SSSR count). The number of methoxy groups -OCH3 is 2. The van der Waals surface area contributed by atoms with Crippen LogP contribution in [0.3, 0.4) is 0 Å². The molecule has 200 valence electrons. The van der Waals surface area contributed by atoms with Crippen molar-refractivity contribution < 1.29 is 31.1 Å². The van der Waals surface area contributed by atoms with Crippen molar-refractivity contribution >= 4 is 33.0 Å². The molecule has 1 aliphatic heterocycles. The third kappa shape index (κ3) is 4.78. The number of anilines is 2. The fraction of sp³-hybridized carbons (Fsp3) is 0.259. The van der Waals surface area contributed by atoms with Crippen molar-refractivity contribution in [2.24, 2.45) is 5.92 Å². The number of nitrogens with one attached hydrogen (secondary N) is 2. The Morgan fingerprint density at radius 1 is 1.00 bits per heavy atom. The average Bonchev–Trinajstić information content (AvgIpc) is 3.38. The van der Waals surface area contributed by atoms with Gasteiger partial charge in [0.05, 0.1) is 35.7 Å². The number of rotatable bonds is 6. The third-order valence-electron chi connectivity index (χ3n) is 6.94. The Labute approximate surface area is 223 Å². The van der Waals surface area contributed by atoms with E-state index in [9.17, 15) is 21.6 Å². The normalized spacial score (nSPS) is 20.3. The maximum Gasteiger partial charge on any atom is 0.417 e. The molecule has 3 atom stereocenters. The van der Waals surface area contributed by atoms with Gasteiger partial charge in [0, 0.05) is 28.9 Å². The van der Waals surface area contributed by atoms with Gasteiger partial charge in [-0.15, -0.1) is 0 Å². The second kappa shape index (κ2) is 9.74. The molecule has 2 aliphatic rings. The Kier molecular flexibility index (Phi) is 6.73. The molecule has 0 radical (unpaired) electrons. The van der Waals surface area contributed by atoms with Gasteiger partial charge in [-0.05, 0) is 66.4 Å². The zero-order valence-corrected chi connectivity index (χ0v) is 21.9. The molecule has 0 unspecified atom stereocenters. The number of alkyl halides is 3. The van der Waals surface area contributed by atoms with E-state index in [4.69, 9.17) is 21.1 Å². The maximum atomic E-state index is 13.2. The Morgan fingerprint density at radius 3 is 2.50 bits per heavy atom. The van der Waals surface area contributed by atoms with Gasteiger partial charge in [-0.25, -0.2) is 8.42 Å². The maximum absolute atomic E-state index is 13.2. The van der Waals surface area contributed by atoms with Gasteiger partial charge in [0.1, 0.15) is 11.5 Å². The van der Waals surface area contributed by atoms with Crippen molar-refractivity contribution in [3.05, 3.63) is 88.5 Å². The molecule has 0 aromatic heterocycles. The summed E-state index contributed by atoms with van der Waals surface area (Å²) in [7, 11) is -0.995. The van der Waals surface area contributed by atoms with E-state index in [-0.39, 0.29) is 28.5 Å². The van der Waals surface area contributed by atoms with Crippen LogP contribution >= 0.6 is 11.6 Å². The van der Waals surface area contributed by atoms with Crippen LogP contribution in [-0.4, -0.2) is 22.6 Å². The number of fused-ring (bicyclic) bond motifs is 3. The van der Waals surface area contributed by atoms with Crippen LogP contribution in [0.15, 0.2) is 71.6 Å². The van der Waals surface area contributed by atoms with Gasteiger partial charge in [-0.1, -0.05) is 23.8 Å². The zero-order valence-electron chi connectivity index (χ0n) is 20.3. The van der Waals surface area contributed by atoms with Crippen molar-refractivity contribution in [3.63, 3.8) is 0 Å². The van der Waals surface area contributed by atoms with E-state index < -0.39 is 26.8 Å². The van der Waals surface area contributed by atoms with Gasteiger partial charge in [0.25, 0.3) is 10.0 Å². The highest BCUT2D eigenvalue weighted by atomic mass is 35.5. The van der Waals surface area contributed by atoms with Gasteiger partial charge < -0.3 is 14.8 Å². The van der Waals surface area contributed by atoms with Crippen LogP contribution in [0.25, 0.3) is 0 Å². The van der Waals surface area contributed by atoms with E-state index in [0.717, 1.165) is 29.3 Å². The van der Waals surface area contributed by atoms with Crippen molar-refractivity contribution in [1.82, 2.24) is 0 Å². The minimum atomic E-state index is -4.72. The molecule has 1 aliphatic carbocycles. The molecule has 3 aromatic rings. The van der Waals surface area contributed by atoms with Crippen molar-refractivity contribution in [2.75, 3.05) is 24.3 Å².